The molecule has 1 aliphatic heterocycles. The van der Waals surface area contributed by atoms with Gasteiger partial charge in [-0.05, 0) is 48.7 Å². The molecule has 2 aromatic rings. The van der Waals surface area contributed by atoms with Gasteiger partial charge in [-0.15, -0.1) is 10.2 Å². The lowest BCUT2D eigenvalue weighted by atomic mass is 10.1. The van der Waals surface area contributed by atoms with E-state index in [2.05, 4.69) is 15.4 Å². The summed E-state index contributed by atoms with van der Waals surface area (Å²) in [6.07, 6.45) is 3.38. The van der Waals surface area contributed by atoms with Gasteiger partial charge in [-0.2, -0.15) is 4.80 Å². The Hall–Kier alpha value is -1.84. The van der Waals surface area contributed by atoms with Crippen LogP contribution in [0.3, 0.4) is 0 Å². The molecule has 0 spiro atoms. The van der Waals surface area contributed by atoms with Crippen molar-refractivity contribution in [2.45, 2.75) is 36.8 Å². The predicted octanol–water partition coefficient (Wildman–Crippen LogP) is 0.557. The van der Waals surface area contributed by atoms with Gasteiger partial charge in [0, 0.05) is 12.2 Å². The number of rotatable bonds is 4. The van der Waals surface area contributed by atoms with E-state index < -0.39 is 10.0 Å². The van der Waals surface area contributed by atoms with Crippen molar-refractivity contribution >= 4 is 10.0 Å². The highest BCUT2D eigenvalue weighted by Crippen LogP contribution is 2.17. The van der Waals surface area contributed by atoms with Crippen LogP contribution in [-0.2, 0) is 21.3 Å². The highest BCUT2D eigenvalue weighted by Gasteiger charge is 2.16. The molecular weight excluding hydrogens is 306 g/mol. The zero-order valence-corrected chi connectivity index (χ0v) is 12.7. The molecule has 0 bridgehead atoms. The van der Waals surface area contributed by atoms with Crippen LogP contribution in [-0.4, -0.2) is 41.3 Å². The summed E-state index contributed by atoms with van der Waals surface area (Å²) in [5, 5.41) is 17.4. The van der Waals surface area contributed by atoms with Crippen molar-refractivity contribution in [3.63, 3.8) is 0 Å². The molecule has 118 valence electrons. The van der Waals surface area contributed by atoms with Crippen LogP contribution in [0.15, 0.2) is 29.2 Å². The summed E-state index contributed by atoms with van der Waals surface area (Å²) in [4.78, 5) is 1.57. The number of ether oxygens (including phenoxy) is 1. The number of benzene rings is 1. The van der Waals surface area contributed by atoms with E-state index in [9.17, 15) is 8.42 Å². The minimum Gasteiger partial charge on any atom is -0.376 e. The van der Waals surface area contributed by atoms with Crippen LogP contribution in [0.1, 0.15) is 19.3 Å². The Bertz CT molecular complexity index is 735. The molecule has 1 unspecified atom stereocenters. The molecule has 9 heteroatoms. The highest BCUT2D eigenvalue weighted by atomic mass is 32.2. The van der Waals surface area contributed by atoms with Crippen molar-refractivity contribution in [2.24, 2.45) is 5.14 Å². The van der Waals surface area contributed by atoms with Gasteiger partial charge in [-0.25, -0.2) is 13.6 Å². The number of nitrogens with two attached hydrogens (primary N) is 1. The average Bonchev–Trinajstić information content (AvgIpc) is 2.96. The van der Waals surface area contributed by atoms with Gasteiger partial charge >= 0.3 is 0 Å². The summed E-state index contributed by atoms with van der Waals surface area (Å²) in [6, 6.07) is 6.07. The maximum Gasteiger partial charge on any atom is 0.238 e. The molecule has 0 radical (unpaired) electrons. The summed E-state index contributed by atoms with van der Waals surface area (Å²) in [6.45, 7) is 1.35. The summed E-state index contributed by atoms with van der Waals surface area (Å²) < 4.78 is 28.1. The summed E-state index contributed by atoms with van der Waals surface area (Å²) in [5.74, 6) is 0.441. The number of tetrazole rings is 1. The third-order valence-electron chi connectivity index (χ3n) is 3.53. The number of hydrogen-bond donors (Lipinski definition) is 1. The van der Waals surface area contributed by atoms with E-state index in [1.165, 1.54) is 16.9 Å². The summed E-state index contributed by atoms with van der Waals surface area (Å²) in [5.41, 5.74) is 0.684. The number of hydrogen-bond acceptors (Lipinski definition) is 6. The molecule has 0 amide bonds. The molecular formula is C13H17N5O3S. The van der Waals surface area contributed by atoms with Crippen molar-refractivity contribution in [3.05, 3.63) is 24.3 Å². The second-order valence-electron chi connectivity index (χ2n) is 5.23. The number of primary sulfonamides is 1. The van der Waals surface area contributed by atoms with Crippen LogP contribution in [0.2, 0.25) is 0 Å². The van der Waals surface area contributed by atoms with Gasteiger partial charge in [0.05, 0.1) is 17.5 Å². The predicted molar refractivity (Wildman–Crippen MR) is 78.2 cm³/mol. The Balaban J connectivity index is 1.73. The molecule has 1 fully saturated rings. The second kappa shape index (κ2) is 6.11. The van der Waals surface area contributed by atoms with E-state index >= 15 is 0 Å². The van der Waals surface area contributed by atoms with Crippen molar-refractivity contribution < 1.29 is 13.2 Å². The van der Waals surface area contributed by atoms with Crippen molar-refractivity contribution in [2.75, 3.05) is 6.61 Å². The van der Waals surface area contributed by atoms with Gasteiger partial charge in [-0.1, -0.05) is 0 Å². The van der Waals surface area contributed by atoms with Crippen LogP contribution in [0.4, 0.5) is 0 Å². The zero-order chi connectivity index (χ0) is 15.6. The van der Waals surface area contributed by atoms with Gasteiger partial charge in [0.15, 0.2) is 0 Å². The Morgan fingerprint density at radius 1 is 1.27 bits per heavy atom. The molecule has 1 aliphatic rings. The van der Waals surface area contributed by atoms with Crippen molar-refractivity contribution in [3.8, 4) is 11.4 Å². The van der Waals surface area contributed by atoms with Crippen LogP contribution in [0.25, 0.3) is 11.4 Å². The lowest BCUT2D eigenvalue weighted by Gasteiger charge is -2.21. The maximum atomic E-state index is 11.2. The zero-order valence-electron chi connectivity index (χ0n) is 11.9. The average molecular weight is 323 g/mol. The molecule has 1 saturated heterocycles. The topological polar surface area (TPSA) is 113 Å². The van der Waals surface area contributed by atoms with Crippen molar-refractivity contribution in [1.29, 1.82) is 0 Å². The minimum absolute atomic E-state index is 0.0549. The van der Waals surface area contributed by atoms with Gasteiger partial charge in [0.25, 0.3) is 0 Å². The van der Waals surface area contributed by atoms with E-state index in [0.717, 1.165) is 25.9 Å². The third kappa shape index (κ3) is 3.49. The standard InChI is InChI=1S/C13H17N5O3S/c14-22(19,20)12-6-4-10(5-7-12)13-15-17-18(16-13)9-11-3-1-2-8-21-11/h4-7,11H,1-3,8-9H2,(H2,14,19,20). The molecule has 2 N–H and O–H groups in total. The second-order valence-corrected chi connectivity index (χ2v) is 6.79. The van der Waals surface area contributed by atoms with Gasteiger partial charge in [0.1, 0.15) is 0 Å². The Morgan fingerprint density at radius 3 is 2.68 bits per heavy atom. The maximum absolute atomic E-state index is 11.2. The fraction of sp³-hybridized carbons (Fsp3) is 0.462. The molecule has 1 aromatic carbocycles. The molecule has 1 aromatic heterocycles. The SMILES string of the molecule is NS(=O)(=O)c1ccc(-c2nnn(CC3CCCCO3)n2)cc1. The molecule has 1 atom stereocenters. The number of aromatic nitrogens is 4. The highest BCUT2D eigenvalue weighted by molar-refractivity contribution is 7.89. The van der Waals surface area contributed by atoms with E-state index in [4.69, 9.17) is 9.88 Å². The first-order valence-corrected chi connectivity index (χ1v) is 8.60. The normalized spacial score (nSPS) is 19.2. The first-order chi connectivity index (χ1) is 10.5. The lowest BCUT2D eigenvalue weighted by molar-refractivity contribution is 0.00133. The Labute approximate surface area is 128 Å². The minimum atomic E-state index is -3.69. The first-order valence-electron chi connectivity index (χ1n) is 7.05. The quantitative estimate of drug-likeness (QED) is 0.879. The van der Waals surface area contributed by atoms with Gasteiger partial charge < -0.3 is 4.74 Å². The molecule has 22 heavy (non-hydrogen) atoms. The van der Waals surface area contributed by atoms with E-state index in [1.807, 2.05) is 0 Å². The molecule has 8 nitrogen and oxygen atoms in total. The lowest BCUT2D eigenvalue weighted by Crippen LogP contribution is -2.25. The largest absolute Gasteiger partial charge is 0.376 e. The van der Waals surface area contributed by atoms with Crippen LogP contribution >= 0.6 is 0 Å². The van der Waals surface area contributed by atoms with E-state index in [-0.39, 0.29) is 11.0 Å². The molecule has 0 aliphatic carbocycles. The van der Waals surface area contributed by atoms with Crippen LogP contribution in [0.5, 0.6) is 0 Å². The van der Waals surface area contributed by atoms with Crippen LogP contribution in [0, 0.1) is 0 Å². The number of nitrogens with zero attached hydrogens (tertiary/aromatic N) is 4. The third-order valence-corrected chi connectivity index (χ3v) is 4.46. The Kier molecular flexibility index (Phi) is 4.19. The molecule has 0 saturated carbocycles. The number of sulfonamides is 1. The summed E-state index contributed by atoms with van der Waals surface area (Å²) >= 11 is 0. The monoisotopic (exact) mass is 323 g/mol. The van der Waals surface area contributed by atoms with Gasteiger partial charge in [-0.3, -0.25) is 0 Å². The first kappa shape index (κ1) is 15.1. The van der Waals surface area contributed by atoms with Crippen LogP contribution < -0.4 is 5.14 Å². The van der Waals surface area contributed by atoms with E-state index in [0.29, 0.717) is 17.9 Å². The van der Waals surface area contributed by atoms with Crippen molar-refractivity contribution in [1.82, 2.24) is 20.2 Å². The molecule has 3 rings (SSSR count). The fourth-order valence-corrected chi connectivity index (χ4v) is 2.88. The van der Waals surface area contributed by atoms with Gasteiger partial charge in [0.2, 0.25) is 15.8 Å². The smallest absolute Gasteiger partial charge is 0.238 e. The fourth-order valence-electron chi connectivity index (χ4n) is 2.36. The molecule has 2 heterocycles. The summed E-state index contributed by atoms with van der Waals surface area (Å²) in [7, 11) is -3.69. The Morgan fingerprint density at radius 2 is 2.05 bits per heavy atom. The van der Waals surface area contributed by atoms with E-state index in [1.54, 1.807) is 12.1 Å².